The molecule has 0 atom stereocenters. The average Bonchev–Trinajstić information content (AvgIpc) is 2.90. The zero-order valence-electron chi connectivity index (χ0n) is 12.1. The molecule has 0 spiro atoms. The molecule has 2 heterocycles. The minimum Gasteiger partial charge on any atom is -0.459 e. The summed E-state index contributed by atoms with van der Waals surface area (Å²) >= 11 is 0. The number of nitrogens with zero attached hydrogens (tertiary/aromatic N) is 4. The van der Waals surface area contributed by atoms with E-state index in [1.807, 2.05) is 13.8 Å². The molecule has 112 valence electrons. The Kier molecular flexibility index (Phi) is 4.46. The van der Waals surface area contributed by atoms with Gasteiger partial charge in [-0.2, -0.15) is 4.98 Å². The number of esters is 1. The highest BCUT2D eigenvalue weighted by Crippen LogP contribution is 2.07. The first-order chi connectivity index (χ1) is 10.0. The summed E-state index contributed by atoms with van der Waals surface area (Å²) in [5, 5.41) is 3.64. The predicted octanol–water partition coefficient (Wildman–Crippen LogP) is 0.975. The van der Waals surface area contributed by atoms with E-state index in [4.69, 9.17) is 9.26 Å². The van der Waals surface area contributed by atoms with Crippen molar-refractivity contribution in [2.24, 2.45) is 0 Å². The van der Waals surface area contributed by atoms with Gasteiger partial charge in [-0.3, -0.25) is 9.36 Å². The van der Waals surface area contributed by atoms with Gasteiger partial charge in [0.25, 0.3) is 5.56 Å². The number of ether oxygens (including phenoxy) is 1. The summed E-state index contributed by atoms with van der Waals surface area (Å²) in [6.07, 6.45) is 1.43. The third-order valence-electron chi connectivity index (χ3n) is 2.72. The van der Waals surface area contributed by atoms with Gasteiger partial charge in [0.2, 0.25) is 0 Å². The van der Waals surface area contributed by atoms with Crippen molar-refractivity contribution in [3.63, 3.8) is 0 Å². The maximum atomic E-state index is 11.9. The molecular weight excluding hydrogens is 276 g/mol. The summed E-state index contributed by atoms with van der Waals surface area (Å²) in [6, 6.07) is 1.47. The Hall–Kier alpha value is -2.51. The summed E-state index contributed by atoms with van der Waals surface area (Å²) in [7, 11) is 0. The molecule has 0 aliphatic heterocycles. The van der Waals surface area contributed by atoms with Crippen LogP contribution in [0.3, 0.4) is 0 Å². The molecule has 2 aromatic rings. The van der Waals surface area contributed by atoms with Crippen LogP contribution in [-0.4, -0.2) is 32.3 Å². The molecule has 0 aliphatic rings. The summed E-state index contributed by atoms with van der Waals surface area (Å²) < 4.78 is 10.9. The van der Waals surface area contributed by atoms with E-state index in [1.165, 1.54) is 17.0 Å². The van der Waals surface area contributed by atoms with Gasteiger partial charge in [0.15, 0.2) is 5.82 Å². The molecule has 0 amide bonds. The minimum absolute atomic E-state index is 0.0765. The van der Waals surface area contributed by atoms with Crippen LogP contribution in [0, 0.1) is 0 Å². The second-order valence-electron chi connectivity index (χ2n) is 4.67. The van der Waals surface area contributed by atoms with Gasteiger partial charge in [0.1, 0.15) is 0 Å². The molecule has 0 aliphatic carbocycles. The van der Waals surface area contributed by atoms with Crippen molar-refractivity contribution in [3.05, 3.63) is 40.2 Å². The molecule has 2 aromatic heterocycles. The minimum atomic E-state index is -0.683. The predicted molar refractivity (Wildman–Crippen MR) is 71.9 cm³/mol. The lowest BCUT2D eigenvalue weighted by Gasteiger charge is -2.05. The van der Waals surface area contributed by atoms with E-state index >= 15 is 0 Å². The number of carbonyl (C=O) groups excluding carboxylic acids is 1. The number of carbonyl (C=O) groups is 1. The molecule has 0 radical (unpaired) electrons. The number of hydrogen-bond donors (Lipinski definition) is 0. The van der Waals surface area contributed by atoms with Crippen LogP contribution in [0.15, 0.2) is 21.7 Å². The fourth-order valence-corrected chi connectivity index (χ4v) is 1.62. The van der Waals surface area contributed by atoms with Gasteiger partial charge >= 0.3 is 11.9 Å². The maximum absolute atomic E-state index is 11.9. The normalized spacial score (nSPS) is 10.9. The monoisotopic (exact) mass is 292 g/mol. The lowest BCUT2D eigenvalue weighted by molar-refractivity contribution is 0.0470. The third kappa shape index (κ3) is 3.53. The summed E-state index contributed by atoms with van der Waals surface area (Å²) in [6.45, 7) is 5.88. The van der Waals surface area contributed by atoms with E-state index in [1.54, 1.807) is 6.92 Å². The molecule has 0 bridgehead atoms. The van der Waals surface area contributed by atoms with Gasteiger partial charge in [-0.25, -0.2) is 9.78 Å². The molecule has 0 aromatic carbocycles. The molecule has 0 unspecified atom stereocenters. The summed E-state index contributed by atoms with van der Waals surface area (Å²) in [4.78, 5) is 31.4. The first-order valence-electron chi connectivity index (χ1n) is 6.57. The smallest absolute Gasteiger partial charge is 0.397 e. The van der Waals surface area contributed by atoms with Crippen molar-refractivity contribution in [2.75, 3.05) is 6.61 Å². The van der Waals surface area contributed by atoms with Crippen LogP contribution >= 0.6 is 0 Å². The lowest BCUT2D eigenvalue weighted by atomic mass is 10.1. The van der Waals surface area contributed by atoms with E-state index in [0.717, 1.165) is 5.69 Å². The molecule has 0 N–H and O–H groups in total. The largest absolute Gasteiger partial charge is 0.459 e. The van der Waals surface area contributed by atoms with Crippen LogP contribution in [0.1, 0.15) is 48.9 Å². The number of hydrogen-bond acceptors (Lipinski definition) is 7. The van der Waals surface area contributed by atoms with E-state index in [-0.39, 0.29) is 36.3 Å². The van der Waals surface area contributed by atoms with E-state index < -0.39 is 5.97 Å². The Morgan fingerprint density at radius 1 is 1.48 bits per heavy atom. The highest BCUT2D eigenvalue weighted by Gasteiger charge is 2.16. The van der Waals surface area contributed by atoms with Crippen molar-refractivity contribution >= 4 is 5.97 Å². The van der Waals surface area contributed by atoms with Crippen LogP contribution < -0.4 is 5.56 Å². The maximum Gasteiger partial charge on any atom is 0.397 e. The first kappa shape index (κ1) is 14.9. The van der Waals surface area contributed by atoms with Gasteiger partial charge in [-0.15, -0.1) is 0 Å². The van der Waals surface area contributed by atoms with Crippen LogP contribution in [0.5, 0.6) is 0 Å². The molecule has 2 rings (SSSR count). The van der Waals surface area contributed by atoms with Gasteiger partial charge in [-0.05, 0) is 12.8 Å². The fourth-order valence-electron chi connectivity index (χ4n) is 1.62. The molecule has 21 heavy (non-hydrogen) atoms. The molecule has 0 saturated heterocycles. The van der Waals surface area contributed by atoms with Crippen molar-refractivity contribution in [2.45, 2.75) is 33.2 Å². The van der Waals surface area contributed by atoms with E-state index in [2.05, 4.69) is 15.1 Å². The van der Waals surface area contributed by atoms with Crippen molar-refractivity contribution < 1.29 is 14.1 Å². The van der Waals surface area contributed by atoms with Gasteiger partial charge < -0.3 is 9.26 Å². The zero-order chi connectivity index (χ0) is 15.4. The second-order valence-corrected chi connectivity index (χ2v) is 4.67. The molecule has 0 saturated carbocycles. The standard InChI is InChI=1S/C13H16N4O4/c1-4-20-13(19)12-15-10(16-21-12)6-17-7-14-9(8(2)3)5-11(17)18/h5,7-8H,4,6H2,1-3H3. The highest BCUT2D eigenvalue weighted by molar-refractivity contribution is 5.83. The van der Waals surface area contributed by atoms with E-state index in [9.17, 15) is 9.59 Å². The Bertz CT molecular complexity index is 689. The average molecular weight is 292 g/mol. The van der Waals surface area contributed by atoms with Gasteiger partial charge in [0.05, 0.1) is 25.2 Å². The quantitative estimate of drug-likeness (QED) is 0.757. The molecular formula is C13H16N4O4. The van der Waals surface area contributed by atoms with Crippen LogP contribution in [0.25, 0.3) is 0 Å². The SMILES string of the molecule is CCOC(=O)c1nc(Cn2cnc(C(C)C)cc2=O)no1. The third-order valence-corrected chi connectivity index (χ3v) is 2.72. The van der Waals surface area contributed by atoms with Crippen LogP contribution in [-0.2, 0) is 11.3 Å². The topological polar surface area (TPSA) is 100 Å². The summed E-state index contributed by atoms with van der Waals surface area (Å²) in [5.41, 5.74) is 0.507. The van der Waals surface area contributed by atoms with Gasteiger partial charge in [0, 0.05) is 6.07 Å². The Morgan fingerprint density at radius 2 is 2.24 bits per heavy atom. The fraction of sp³-hybridized carbons (Fsp3) is 0.462. The molecule has 0 fully saturated rings. The first-order valence-corrected chi connectivity index (χ1v) is 6.57. The second kappa shape index (κ2) is 6.29. The highest BCUT2D eigenvalue weighted by atomic mass is 16.6. The molecule has 8 nitrogen and oxygen atoms in total. The lowest BCUT2D eigenvalue weighted by Crippen LogP contribution is -2.22. The Morgan fingerprint density at radius 3 is 2.86 bits per heavy atom. The van der Waals surface area contributed by atoms with Gasteiger partial charge in [-0.1, -0.05) is 19.0 Å². The van der Waals surface area contributed by atoms with Crippen molar-refractivity contribution in [1.82, 2.24) is 19.7 Å². The van der Waals surface area contributed by atoms with Crippen molar-refractivity contribution in [1.29, 1.82) is 0 Å². The van der Waals surface area contributed by atoms with Crippen molar-refractivity contribution in [3.8, 4) is 0 Å². The van der Waals surface area contributed by atoms with Crippen LogP contribution in [0.2, 0.25) is 0 Å². The molecule has 8 heteroatoms. The van der Waals surface area contributed by atoms with Crippen LogP contribution in [0.4, 0.5) is 0 Å². The Labute approximate surface area is 120 Å². The number of rotatable bonds is 5. The van der Waals surface area contributed by atoms with E-state index in [0.29, 0.717) is 0 Å². The Balaban J connectivity index is 2.15. The zero-order valence-corrected chi connectivity index (χ0v) is 12.1. The number of aromatic nitrogens is 4. The summed E-state index contributed by atoms with van der Waals surface area (Å²) in [5.74, 6) is -0.532.